The average Bonchev–Trinajstić information content (AvgIpc) is 2.56. The third kappa shape index (κ3) is 6.40. The monoisotopic (exact) mass is 320 g/mol. The van der Waals surface area contributed by atoms with Crippen molar-refractivity contribution >= 4 is 11.7 Å². The van der Waals surface area contributed by atoms with E-state index in [1.165, 1.54) is 0 Å². The smallest absolute Gasteiger partial charge is 0.220 e. The van der Waals surface area contributed by atoms with Crippen LogP contribution in [0.15, 0.2) is 18.2 Å². The lowest BCUT2D eigenvalue weighted by Crippen LogP contribution is -2.34. The first kappa shape index (κ1) is 19.2. The number of nitrogens with one attached hydrogen (secondary N) is 1. The van der Waals surface area contributed by atoms with Gasteiger partial charge in [-0.1, -0.05) is 25.5 Å². The van der Waals surface area contributed by atoms with Crippen molar-refractivity contribution < 1.29 is 14.3 Å². The van der Waals surface area contributed by atoms with Crippen LogP contribution >= 0.6 is 0 Å². The number of ketones is 1. The number of carbonyl (C=O) groups excluding carboxylic acids is 2. The summed E-state index contributed by atoms with van der Waals surface area (Å²) in [5.74, 6) is 0.407. The highest BCUT2D eigenvalue weighted by Gasteiger charge is 2.14. The number of carbonyl (C=O) groups is 2. The SMILES string of the molecule is CCN(CC)CCNC(=O)CCC(=O)c1cc(C)ccc1OC. The van der Waals surface area contributed by atoms with Crippen LogP contribution in [-0.4, -0.2) is 49.9 Å². The summed E-state index contributed by atoms with van der Waals surface area (Å²) in [6.45, 7) is 9.51. The molecule has 0 aliphatic rings. The molecule has 1 rings (SSSR count). The van der Waals surface area contributed by atoms with E-state index < -0.39 is 0 Å². The minimum atomic E-state index is -0.0860. The first-order valence-corrected chi connectivity index (χ1v) is 8.18. The van der Waals surface area contributed by atoms with Crippen LogP contribution in [0.4, 0.5) is 0 Å². The highest BCUT2D eigenvalue weighted by molar-refractivity contribution is 6.00. The van der Waals surface area contributed by atoms with Gasteiger partial charge in [-0.15, -0.1) is 0 Å². The number of nitrogens with zero attached hydrogens (tertiary/aromatic N) is 1. The second kappa shape index (κ2) is 10.0. The first-order chi connectivity index (χ1) is 11.0. The van der Waals surface area contributed by atoms with Gasteiger partial charge in [0.05, 0.1) is 12.7 Å². The quantitative estimate of drug-likeness (QED) is 0.673. The van der Waals surface area contributed by atoms with Crippen molar-refractivity contribution in [2.45, 2.75) is 33.6 Å². The van der Waals surface area contributed by atoms with Gasteiger partial charge in [0.25, 0.3) is 0 Å². The molecule has 0 bridgehead atoms. The topological polar surface area (TPSA) is 58.6 Å². The van der Waals surface area contributed by atoms with Gasteiger partial charge >= 0.3 is 0 Å². The van der Waals surface area contributed by atoms with Crippen LogP contribution in [0.3, 0.4) is 0 Å². The van der Waals surface area contributed by atoms with Crippen molar-refractivity contribution in [3.05, 3.63) is 29.3 Å². The molecule has 0 spiro atoms. The number of ether oxygens (including phenoxy) is 1. The zero-order chi connectivity index (χ0) is 17.2. The molecule has 0 fully saturated rings. The summed E-state index contributed by atoms with van der Waals surface area (Å²) in [6, 6.07) is 5.49. The Morgan fingerprint density at radius 2 is 1.87 bits per heavy atom. The summed E-state index contributed by atoms with van der Waals surface area (Å²) in [4.78, 5) is 26.4. The van der Waals surface area contributed by atoms with E-state index >= 15 is 0 Å². The predicted molar refractivity (Wildman–Crippen MR) is 92.1 cm³/mol. The Bertz CT molecular complexity index is 525. The van der Waals surface area contributed by atoms with Crippen molar-refractivity contribution in [1.29, 1.82) is 0 Å². The fourth-order valence-electron chi connectivity index (χ4n) is 2.38. The molecule has 5 heteroatoms. The largest absolute Gasteiger partial charge is 0.496 e. The minimum Gasteiger partial charge on any atom is -0.496 e. The number of hydrogen-bond acceptors (Lipinski definition) is 4. The lowest BCUT2D eigenvalue weighted by atomic mass is 10.0. The standard InChI is InChI=1S/C18H28N2O3/c1-5-20(6-2)12-11-19-18(22)10-8-16(21)15-13-14(3)7-9-17(15)23-4/h7,9,13H,5-6,8,10-12H2,1-4H3,(H,19,22). The number of likely N-dealkylation sites (N-methyl/N-ethyl adjacent to an activating group) is 1. The van der Waals surface area contributed by atoms with E-state index in [4.69, 9.17) is 4.74 Å². The van der Waals surface area contributed by atoms with Gasteiger partial charge in [0.1, 0.15) is 5.75 Å². The Kier molecular flexibility index (Phi) is 8.33. The highest BCUT2D eigenvalue weighted by atomic mass is 16.5. The van der Waals surface area contributed by atoms with Gasteiger partial charge < -0.3 is 15.0 Å². The lowest BCUT2D eigenvalue weighted by Gasteiger charge is -2.17. The number of rotatable bonds is 10. The van der Waals surface area contributed by atoms with Gasteiger partial charge in [-0.2, -0.15) is 0 Å². The molecule has 0 atom stereocenters. The molecule has 0 aliphatic heterocycles. The maximum absolute atomic E-state index is 12.3. The zero-order valence-corrected chi connectivity index (χ0v) is 14.6. The normalized spacial score (nSPS) is 10.7. The van der Waals surface area contributed by atoms with Gasteiger partial charge in [-0.25, -0.2) is 0 Å². The number of benzene rings is 1. The molecular formula is C18H28N2O3. The second-order valence-electron chi connectivity index (χ2n) is 5.50. The van der Waals surface area contributed by atoms with E-state index in [2.05, 4.69) is 24.1 Å². The summed E-state index contributed by atoms with van der Waals surface area (Å²) in [6.07, 6.45) is 0.394. The van der Waals surface area contributed by atoms with E-state index in [1.807, 2.05) is 13.0 Å². The molecule has 5 nitrogen and oxygen atoms in total. The number of amides is 1. The molecule has 0 saturated carbocycles. The van der Waals surface area contributed by atoms with E-state index in [1.54, 1.807) is 19.2 Å². The number of Topliss-reactive ketones (excluding diaryl/α,β-unsaturated/α-hetero) is 1. The summed E-state index contributed by atoms with van der Waals surface area (Å²) in [7, 11) is 1.54. The van der Waals surface area contributed by atoms with E-state index in [9.17, 15) is 9.59 Å². The van der Waals surface area contributed by atoms with E-state index in [0.29, 0.717) is 17.9 Å². The van der Waals surface area contributed by atoms with Gasteiger partial charge in [0.15, 0.2) is 5.78 Å². The Hall–Kier alpha value is -1.88. The molecule has 1 aromatic carbocycles. The molecule has 128 valence electrons. The Labute approximate surface area is 139 Å². The third-order valence-electron chi connectivity index (χ3n) is 3.88. The van der Waals surface area contributed by atoms with Crippen molar-refractivity contribution in [3.63, 3.8) is 0 Å². The summed E-state index contributed by atoms with van der Waals surface area (Å²) in [5.41, 5.74) is 1.54. The molecule has 1 N–H and O–H groups in total. The molecule has 1 amide bonds. The maximum atomic E-state index is 12.3. The van der Waals surface area contributed by atoms with Gasteiger partial charge in [0, 0.05) is 25.9 Å². The molecule has 0 unspecified atom stereocenters. The lowest BCUT2D eigenvalue weighted by molar-refractivity contribution is -0.121. The van der Waals surface area contributed by atoms with E-state index in [0.717, 1.165) is 25.2 Å². The van der Waals surface area contributed by atoms with Gasteiger partial charge in [-0.05, 0) is 32.1 Å². The van der Waals surface area contributed by atoms with Crippen LogP contribution in [0.2, 0.25) is 0 Å². The Balaban J connectivity index is 2.44. The second-order valence-corrected chi connectivity index (χ2v) is 5.50. The predicted octanol–water partition coefficient (Wildman–Crippen LogP) is 2.42. The zero-order valence-electron chi connectivity index (χ0n) is 14.6. The number of methoxy groups -OCH3 is 1. The maximum Gasteiger partial charge on any atom is 0.220 e. The summed E-state index contributed by atoms with van der Waals surface area (Å²) in [5, 5.41) is 2.86. The molecular weight excluding hydrogens is 292 g/mol. The van der Waals surface area contributed by atoms with Crippen LogP contribution in [0.1, 0.15) is 42.6 Å². The van der Waals surface area contributed by atoms with Crippen LogP contribution in [0, 0.1) is 6.92 Å². The number of hydrogen-bond donors (Lipinski definition) is 1. The van der Waals surface area contributed by atoms with Crippen molar-refractivity contribution in [2.24, 2.45) is 0 Å². The van der Waals surface area contributed by atoms with Crippen molar-refractivity contribution in [2.75, 3.05) is 33.3 Å². The number of aryl methyl sites for hydroxylation is 1. The van der Waals surface area contributed by atoms with Crippen molar-refractivity contribution in [1.82, 2.24) is 10.2 Å². The average molecular weight is 320 g/mol. The van der Waals surface area contributed by atoms with Crippen LogP contribution in [-0.2, 0) is 4.79 Å². The fraction of sp³-hybridized carbons (Fsp3) is 0.556. The minimum absolute atomic E-state index is 0.0653. The third-order valence-corrected chi connectivity index (χ3v) is 3.88. The van der Waals surface area contributed by atoms with Crippen molar-refractivity contribution in [3.8, 4) is 5.75 Å². The molecule has 0 radical (unpaired) electrons. The Morgan fingerprint density at radius 1 is 1.17 bits per heavy atom. The van der Waals surface area contributed by atoms with Crippen LogP contribution in [0.25, 0.3) is 0 Å². The Morgan fingerprint density at radius 3 is 2.48 bits per heavy atom. The van der Waals surface area contributed by atoms with Crippen LogP contribution in [0.5, 0.6) is 5.75 Å². The molecule has 0 heterocycles. The molecule has 0 aliphatic carbocycles. The van der Waals surface area contributed by atoms with Gasteiger partial charge in [0.2, 0.25) is 5.91 Å². The van der Waals surface area contributed by atoms with Crippen LogP contribution < -0.4 is 10.1 Å². The van der Waals surface area contributed by atoms with Gasteiger partial charge in [-0.3, -0.25) is 9.59 Å². The molecule has 0 saturated heterocycles. The molecule has 1 aromatic rings. The molecule has 0 aromatic heterocycles. The summed E-state index contributed by atoms with van der Waals surface area (Å²) >= 11 is 0. The first-order valence-electron chi connectivity index (χ1n) is 8.18. The fourth-order valence-corrected chi connectivity index (χ4v) is 2.38. The summed E-state index contributed by atoms with van der Waals surface area (Å²) < 4.78 is 5.22. The highest BCUT2D eigenvalue weighted by Crippen LogP contribution is 2.21. The van der Waals surface area contributed by atoms with E-state index in [-0.39, 0.29) is 24.5 Å². The molecule has 23 heavy (non-hydrogen) atoms.